The molecule has 2 N–H and O–H groups in total. The van der Waals surface area contributed by atoms with Crippen molar-refractivity contribution in [3.05, 3.63) is 47.5 Å². The number of halogens is 2. The topological polar surface area (TPSA) is 60.2 Å². The molecule has 0 bridgehead atoms. The van der Waals surface area contributed by atoms with Crippen molar-refractivity contribution in [2.75, 3.05) is 53.2 Å². The lowest BCUT2D eigenvalue weighted by molar-refractivity contribution is 0.122. The molecule has 0 aliphatic carbocycles. The molecule has 1 heterocycles. The van der Waals surface area contributed by atoms with Crippen LogP contribution in [0.5, 0.6) is 17.2 Å². The van der Waals surface area contributed by atoms with Gasteiger partial charge in [-0.2, -0.15) is 0 Å². The zero-order valence-electron chi connectivity index (χ0n) is 17.2. The second kappa shape index (κ2) is 12.0. The molecule has 0 atom stereocenters. The van der Waals surface area contributed by atoms with E-state index in [1.807, 2.05) is 24.3 Å². The number of methoxy groups -OCH3 is 3. The number of hydrogen-bond donors (Lipinski definition) is 1. The van der Waals surface area contributed by atoms with Crippen molar-refractivity contribution in [3.8, 4) is 17.2 Å². The second-order valence-electron chi connectivity index (χ2n) is 6.83. The van der Waals surface area contributed by atoms with E-state index < -0.39 is 0 Å². The number of benzene rings is 2. The van der Waals surface area contributed by atoms with Gasteiger partial charge in [-0.15, -0.1) is 24.8 Å². The molecule has 6 nitrogen and oxygen atoms in total. The second-order valence-corrected chi connectivity index (χ2v) is 6.83. The smallest absolute Gasteiger partial charge is 0.203 e. The summed E-state index contributed by atoms with van der Waals surface area (Å²) in [7, 11) is 4.92. The number of nitrogen functional groups attached to an aromatic ring is 1. The van der Waals surface area contributed by atoms with Gasteiger partial charge in [0.25, 0.3) is 0 Å². The third-order valence-electron chi connectivity index (χ3n) is 4.95. The molecule has 0 saturated carbocycles. The molecule has 1 saturated heterocycles. The van der Waals surface area contributed by atoms with Crippen molar-refractivity contribution in [3.63, 3.8) is 0 Å². The number of nitrogens with zero attached hydrogens (tertiary/aromatic N) is 2. The number of anilines is 1. The largest absolute Gasteiger partial charge is 0.493 e. The summed E-state index contributed by atoms with van der Waals surface area (Å²) < 4.78 is 16.3. The summed E-state index contributed by atoms with van der Waals surface area (Å²) in [6, 6.07) is 12.2. The zero-order chi connectivity index (χ0) is 19.2. The van der Waals surface area contributed by atoms with Gasteiger partial charge in [0.2, 0.25) is 5.75 Å². The zero-order valence-corrected chi connectivity index (χ0v) is 18.9. The average Bonchev–Trinajstić information content (AvgIpc) is 2.68. The monoisotopic (exact) mass is 443 g/mol. The molecule has 8 heteroatoms. The minimum atomic E-state index is 0. The van der Waals surface area contributed by atoms with Gasteiger partial charge in [-0.1, -0.05) is 12.1 Å². The van der Waals surface area contributed by atoms with Crippen molar-refractivity contribution in [2.45, 2.75) is 13.1 Å². The van der Waals surface area contributed by atoms with E-state index >= 15 is 0 Å². The Morgan fingerprint density at radius 2 is 1.28 bits per heavy atom. The Kier molecular flexibility index (Phi) is 10.4. The lowest BCUT2D eigenvalue weighted by atomic mass is 10.1. The number of ether oxygens (including phenoxy) is 3. The molecule has 3 rings (SSSR count). The van der Waals surface area contributed by atoms with Gasteiger partial charge in [-0.05, 0) is 35.4 Å². The first-order valence-electron chi connectivity index (χ1n) is 9.21. The fourth-order valence-corrected chi connectivity index (χ4v) is 3.54. The maximum atomic E-state index is 5.88. The highest BCUT2D eigenvalue weighted by molar-refractivity contribution is 5.85. The van der Waals surface area contributed by atoms with Crippen LogP contribution in [0, 0.1) is 0 Å². The quantitative estimate of drug-likeness (QED) is 0.661. The van der Waals surface area contributed by atoms with Gasteiger partial charge in [0.15, 0.2) is 11.5 Å². The molecule has 1 aliphatic rings. The maximum Gasteiger partial charge on any atom is 0.203 e. The van der Waals surface area contributed by atoms with E-state index in [1.165, 1.54) is 5.56 Å². The van der Waals surface area contributed by atoms with E-state index in [0.29, 0.717) is 17.2 Å². The predicted octanol–water partition coefficient (Wildman–Crippen LogP) is 3.46. The third-order valence-corrected chi connectivity index (χ3v) is 4.95. The molecular formula is C21H31Cl2N3O3. The Hall–Kier alpha value is -1.86. The van der Waals surface area contributed by atoms with E-state index in [1.54, 1.807) is 21.3 Å². The highest BCUT2D eigenvalue weighted by Gasteiger charge is 2.19. The first-order chi connectivity index (χ1) is 13.1. The van der Waals surface area contributed by atoms with Gasteiger partial charge in [-0.25, -0.2) is 0 Å². The lowest BCUT2D eigenvalue weighted by Crippen LogP contribution is -2.45. The molecule has 162 valence electrons. The van der Waals surface area contributed by atoms with Crippen LogP contribution < -0.4 is 19.9 Å². The van der Waals surface area contributed by atoms with Crippen LogP contribution in [0.3, 0.4) is 0 Å². The van der Waals surface area contributed by atoms with E-state index in [-0.39, 0.29) is 24.8 Å². The molecule has 29 heavy (non-hydrogen) atoms. The Labute approximate surface area is 185 Å². The fourth-order valence-electron chi connectivity index (χ4n) is 3.54. The molecule has 0 amide bonds. The molecular weight excluding hydrogens is 413 g/mol. The number of rotatable bonds is 7. The molecule has 0 radical (unpaired) electrons. The van der Waals surface area contributed by atoms with Crippen LogP contribution in [0.2, 0.25) is 0 Å². The first kappa shape index (κ1) is 25.2. The normalized spacial score (nSPS) is 14.4. The summed E-state index contributed by atoms with van der Waals surface area (Å²) in [4.78, 5) is 4.93. The van der Waals surface area contributed by atoms with Gasteiger partial charge in [0, 0.05) is 45.0 Å². The van der Waals surface area contributed by atoms with Crippen LogP contribution in [0.1, 0.15) is 11.1 Å². The van der Waals surface area contributed by atoms with Crippen LogP contribution in [0.15, 0.2) is 36.4 Å². The molecule has 0 unspecified atom stereocenters. The summed E-state index contributed by atoms with van der Waals surface area (Å²) in [5, 5.41) is 0. The SMILES string of the molecule is COc1cc(CN2CCN(Cc3cccc(N)c3)CC2)cc(OC)c1OC.Cl.Cl. The first-order valence-corrected chi connectivity index (χ1v) is 9.21. The molecule has 1 fully saturated rings. The Balaban J connectivity index is 0.00000210. The Bertz CT molecular complexity index is 744. The van der Waals surface area contributed by atoms with Gasteiger partial charge >= 0.3 is 0 Å². The van der Waals surface area contributed by atoms with Crippen LogP contribution in [-0.2, 0) is 13.1 Å². The molecule has 2 aromatic rings. The molecule has 0 spiro atoms. The highest BCUT2D eigenvalue weighted by atomic mass is 35.5. The van der Waals surface area contributed by atoms with Crippen LogP contribution >= 0.6 is 24.8 Å². The lowest BCUT2D eigenvalue weighted by Gasteiger charge is -2.35. The summed E-state index contributed by atoms with van der Waals surface area (Å²) in [6.45, 7) is 5.95. The van der Waals surface area contributed by atoms with Crippen molar-refractivity contribution in [1.82, 2.24) is 9.80 Å². The van der Waals surface area contributed by atoms with Crippen molar-refractivity contribution in [1.29, 1.82) is 0 Å². The van der Waals surface area contributed by atoms with E-state index in [2.05, 4.69) is 21.9 Å². The summed E-state index contributed by atoms with van der Waals surface area (Å²) >= 11 is 0. The van der Waals surface area contributed by atoms with Crippen molar-refractivity contribution in [2.24, 2.45) is 0 Å². The molecule has 1 aliphatic heterocycles. The van der Waals surface area contributed by atoms with E-state index in [4.69, 9.17) is 19.9 Å². The predicted molar refractivity (Wildman–Crippen MR) is 122 cm³/mol. The number of piperazine rings is 1. The standard InChI is InChI=1S/C21H29N3O3.2ClH/c1-25-19-12-17(13-20(26-2)21(19)27-3)15-24-9-7-23(8-10-24)14-16-5-4-6-18(22)11-16;;/h4-6,11-13H,7-10,14-15,22H2,1-3H3;2*1H. The molecule has 2 aromatic carbocycles. The number of hydrogen-bond acceptors (Lipinski definition) is 6. The van der Waals surface area contributed by atoms with Crippen LogP contribution in [-0.4, -0.2) is 57.3 Å². The summed E-state index contributed by atoms with van der Waals surface area (Å²) in [6.07, 6.45) is 0. The van der Waals surface area contributed by atoms with Crippen molar-refractivity contribution >= 4 is 30.5 Å². The summed E-state index contributed by atoms with van der Waals surface area (Å²) in [5.41, 5.74) is 9.14. The van der Waals surface area contributed by atoms with Gasteiger partial charge in [0.05, 0.1) is 21.3 Å². The number of nitrogens with two attached hydrogens (primary N) is 1. The van der Waals surface area contributed by atoms with Crippen molar-refractivity contribution < 1.29 is 14.2 Å². The maximum absolute atomic E-state index is 5.88. The van der Waals surface area contributed by atoms with Crippen LogP contribution in [0.25, 0.3) is 0 Å². The third kappa shape index (κ3) is 6.57. The van der Waals surface area contributed by atoms with Gasteiger partial charge in [0.1, 0.15) is 0 Å². The molecule has 0 aromatic heterocycles. The minimum Gasteiger partial charge on any atom is -0.493 e. The van der Waals surface area contributed by atoms with E-state index in [0.717, 1.165) is 50.5 Å². The van der Waals surface area contributed by atoms with Crippen LogP contribution in [0.4, 0.5) is 5.69 Å². The minimum absolute atomic E-state index is 0. The fraction of sp³-hybridized carbons (Fsp3) is 0.429. The van der Waals surface area contributed by atoms with E-state index in [9.17, 15) is 0 Å². The Morgan fingerprint density at radius 3 is 1.72 bits per heavy atom. The Morgan fingerprint density at radius 1 is 0.759 bits per heavy atom. The summed E-state index contributed by atoms with van der Waals surface area (Å²) in [5.74, 6) is 2.04. The van der Waals surface area contributed by atoms with Gasteiger partial charge < -0.3 is 19.9 Å². The highest BCUT2D eigenvalue weighted by Crippen LogP contribution is 2.38. The van der Waals surface area contributed by atoms with Gasteiger partial charge in [-0.3, -0.25) is 9.80 Å². The average molecular weight is 444 g/mol.